The quantitative estimate of drug-likeness (QED) is 0.534. The van der Waals surface area contributed by atoms with Crippen LogP contribution in [0.15, 0.2) is 46.9 Å². The molecule has 0 unspecified atom stereocenters. The molecule has 2 aromatic rings. The lowest BCUT2D eigenvalue weighted by Gasteiger charge is -2.17. The number of nitrogens with one attached hydrogen (secondary N) is 1. The average molecular weight is 440 g/mol. The van der Waals surface area contributed by atoms with Crippen molar-refractivity contribution in [2.75, 3.05) is 0 Å². The zero-order valence-corrected chi connectivity index (χ0v) is 16.1. The number of benzene rings is 2. The lowest BCUT2D eigenvalue weighted by atomic mass is 10.0. The highest BCUT2D eigenvalue weighted by Crippen LogP contribution is 2.22. The third-order valence-electron chi connectivity index (χ3n) is 3.44. The predicted octanol–water partition coefficient (Wildman–Crippen LogP) is 2.85. The first-order valence-electron chi connectivity index (χ1n) is 7.59. The van der Waals surface area contributed by atoms with Crippen LogP contribution in [0, 0.1) is 0 Å². The van der Waals surface area contributed by atoms with Gasteiger partial charge < -0.3 is 15.8 Å². The number of esters is 1. The summed E-state index contributed by atoms with van der Waals surface area (Å²) < 4.78 is 5.70. The van der Waals surface area contributed by atoms with Crippen molar-refractivity contribution in [3.8, 4) is 5.75 Å². The van der Waals surface area contributed by atoms with Crippen LogP contribution in [-0.2, 0) is 16.0 Å². The molecule has 2 rings (SSSR count). The molecule has 3 N–H and O–H groups in total. The zero-order chi connectivity index (χ0) is 19.3. The normalized spacial score (nSPS) is 11.5. The molecule has 136 valence electrons. The van der Waals surface area contributed by atoms with E-state index in [2.05, 4.69) is 21.2 Å². The third kappa shape index (κ3) is 5.57. The molecule has 2 amide bonds. The van der Waals surface area contributed by atoms with Crippen LogP contribution >= 0.6 is 27.5 Å². The second kappa shape index (κ2) is 8.82. The monoisotopic (exact) mass is 438 g/mol. The van der Waals surface area contributed by atoms with Gasteiger partial charge in [-0.15, -0.1) is 0 Å². The highest BCUT2D eigenvalue weighted by atomic mass is 79.9. The summed E-state index contributed by atoms with van der Waals surface area (Å²) in [5.41, 5.74) is 6.39. The second-order valence-corrected chi connectivity index (χ2v) is 6.78. The number of carbonyl (C=O) groups is 3. The fourth-order valence-electron chi connectivity index (χ4n) is 2.25. The Labute approximate surface area is 163 Å². The summed E-state index contributed by atoms with van der Waals surface area (Å²) in [5, 5.41) is 3.10. The molecule has 0 aliphatic heterocycles. The van der Waals surface area contributed by atoms with Crippen LogP contribution in [0.3, 0.4) is 0 Å². The van der Waals surface area contributed by atoms with Gasteiger partial charge >= 0.3 is 5.97 Å². The van der Waals surface area contributed by atoms with Crippen molar-refractivity contribution >= 4 is 45.3 Å². The minimum Gasteiger partial charge on any atom is -0.427 e. The molecule has 0 heterocycles. The Balaban J connectivity index is 2.17. The van der Waals surface area contributed by atoms with Gasteiger partial charge in [-0.2, -0.15) is 0 Å². The van der Waals surface area contributed by atoms with Gasteiger partial charge in [0, 0.05) is 28.4 Å². The molecule has 0 saturated carbocycles. The van der Waals surface area contributed by atoms with Crippen LogP contribution in [0.5, 0.6) is 5.75 Å². The molecule has 0 radical (unpaired) electrons. The first kappa shape index (κ1) is 19.9. The summed E-state index contributed by atoms with van der Waals surface area (Å²) in [6, 6.07) is 10.3. The first-order chi connectivity index (χ1) is 12.3. The molecule has 26 heavy (non-hydrogen) atoms. The molecule has 0 bridgehead atoms. The summed E-state index contributed by atoms with van der Waals surface area (Å²) in [4.78, 5) is 35.2. The van der Waals surface area contributed by atoms with Gasteiger partial charge in [0.05, 0.1) is 0 Å². The van der Waals surface area contributed by atoms with Crippen molar-refractivity contribution in [1.29, 1.82) is 0 Å². The molecule has 6 nitrogen and oxygen atoms in total. The molecule has 0 aliphatic rings. The number of primary amides is 1. The summed E-state index contributed by atoms with van der Waals surface area (Å²) in [7, 11) is 0. The number of carbonyl (C=O) groups excluding carboxylic acids is 3. The molecule has 8 heteroatoms. The standard InChI is InChI=1S/C18H16BrClN2O4/c1-10(23)26-14-4-2-3-11(8-14)18(25)22-16(17(21)24)9-12-7-13(20)5-6-15(12)19/h2-8,16H,9H2,1H3,(H2,21,24)(H,22,25)/t16-/m1/s1. The van der Waals surface area contributed by atoms with E-state index in [9.17, 15) is 14.4 Å². The second-order valence-electron chi connectivity index (χ2n) is 5.49. The Kier molecular flexibility index (Phi) is 6.76. The smallest absolute Gasteiger partial charge is 0.308 e. The number of rotatable bonds is 6. The van der Waals surface area contributed by atoms with Crippen LogP contribution in [-0.4, -0.2) is 23.8 Å². The Bertz CT molecular complexity index is 857. The maximum atomic E-state index is 12.4. The highest BCUT2D eigenvalue weighted by molar-refractivity contribution is 9.10. The molecule has 0 saturated heterocycles. The topological polar surface area (TPSA) is 98.5 Å². The van der Waals surface area contributed by atoms with Gasteiger partial charge in [-0.25, -0.2) is 0 Å². The van der Waals surface area contributed by atoms with Crippen molar-refractivity contribution in [2.24, 2.45) is 5.73 Å². The van der Waals surface area contributed by atoms with Crippen molar-refractivity contribution in [3.05, 3.63) is 63.1 Å². The van der Waals surface area contributed by atoms with Crippen LogP contribution in [0.2, 0.25) is 5.02 Å². The van der Waals surface area contributed by atoms with Crippen molar-refractivity contribution < 1.29 is 19.1 Å². The Hall–Kier alpha value is -2.38. The molecule has 0 spiro atoms. The maximum Gasteiger partial charge on any atom is 0.308 e. The largest absolute Gasteiger partial charge is 0.427 e. The molecule has 0 aromatic heterocycles. The maximum absolute atomic E-state index is 12.4. The Morgan fingerprint density at radius 1 is 1.23 bits per heavy atom. The van der Waals surface area contributed by atoms with Crippen LogP contribution in [0.25, 0.3) is 0 Å². The predicted molar refractivity (Wildman–Crippen MR) is 101 cm³/mol. The first-order valence-corrected chi connectivity index (χ1v) is 8.76. The van der Waals surface area contributed by atoms with Gasteiger partial charge in [-0.1, -0.05) is 33.6 Å². The molecule has 0 aliphatic carbocycles. The van der Waals surface area contributed by atoms with Gasteiger partial charge in [0.15, 0.2) is 0 Å². The van der Waals surface area contributed by atoms with E-state index in [0.717, 1.165) is 10.0 Å². The zero-order valence-electron chi connectivity index (χ0n) is 13.8. The van der Waals surface area contributed by atoms with Crippen LogP contribution in [0.4, 0.5) is 0 Å². The molecular formula is C18H16BrClN2O4. The van der Waals surface area contributed by atoms with E-state index in [4.69, 9.17) is 22.1 Å². The molecule has 2 aromatic carbocycles. The van der Waals surface area contributed by atoms with Crippen molar-refractivity contribution in [2.45, 2.75) is 19.4 Å². The van der Waals surface area contributed by atoms with E-state index in [-0.39, 0.29) is 17.7 Å². The summed E-state index contributed by atoms with van der Waals surface area (Å²) in [6.45, 7) is 1.26. The van der Waals surface area contributed by atoms with Gasteiger partial charge in [0.25, 0.3) is 5.91 Å². The number of hydrogen-bond acceptors (Lipinski definition) is 4. The van der Waals surface area contributed by atoms with E-state index < -0.39 is 23.8 Å². The average Bonchev–Trinajstić information content (AvgIpc) is 2.56. The highest BCUT2D eigenvalue weighted by Gasteiger charge is 2.21. The van der Waals surface area contributed by atoms with E-state index in [1.165, 1.54) is 19.1 Å². The van der Waals surface area contributed by atoms with E-state index in [0.29, 0.717) is 5.02 Å². The van der Waals surface area contributed by atoms with E-state index in [1.807, 2.05) is 0 Å². The number of halogens is 2. The van der Waals surface area contributed by atoms with Gasteiger partial charge in [0.2, 0.25) is 5.91 Å². The van der Waals surface area contributed by atoms with Gasteiger partial charge in [0.1, 0.15) is 11.8 Å². The molecule has 0 fully saturated rings. The summed E-state index contributed by atoms with van der Waals surface area (Å²) in [6.07, 6.45) is 0.172. The van der Waals surface area contributed by atoms with Gasteiger partial charge in [-0.3, -0.25) is 14.4 Å². The number of amides is 2. The number of hydrogen-bond donors (Lipinski definition) is 2. The van der Waals surface area contributed by atoms with Crippen LogP contribution in [0.1, 0.15) is 22.8 Å². The number of nitrogens with two attached hydrogens (primary N) is 1. The molecular weight excluding hydrogens is 424 g/mol. The fourth-order valence-corrected chi connectivity index (χ4v) is 2.85. The van der Waals surface area contributed by atoms with E-state index >= 15 is 0 Å². The Morgan fingerprint density at radius 3 is 2.62 bits per heavy atom. The van der Waals surface area contributed by atoms with Crippen LogP contribution < -0.4 is 15.8 Å². The summed E-state index contributed by atoms with van der Waals surface area (Å²) in [5.74, 6) is -1.45. The SMILES string of the molecule is CC(=O)Oc1cccc(C(=O)N[C@H](Cc2cc(Cl)ccc2Br)C(N)=O)c1. The van der Waals surface area contributed by atoms with Gasteiger partial charge in [-0.05, 0) is 42.0 Å². The Morgan fingerprint density at radius 2 is 1.96 bits per heavy atom. The lowest BCUT2D eigenvalue weighted by Crippen LogP contribution is -2.45. The van der Waals surface area contributed by atoms with Crippen molar-refractivity contribution in [3.63, 3.8) is 0 Å². The third-order valence-corrected chi connectivity index (χ3v) is 4.45. The lowest BCUT2D eigenvalue weighted by molar-refractivity contribution is -0.131. The fraction of sp³-hybridized carbons (Fsp3) is 0.167. The minimum absolute atomic E-state index is 0.172. The summed E-state index contributed by atoms with van der Waals surface area (Å²) >= 11 is 9.35. The minimum atomic E-state index is -0.936. The molecule has 1 atom stereocenters. The number of ether oxygens (including phenoxy) is 1. The van der Waals surface area contributed by atoms with Crippen molar-refractivity contribution in [1.82, 2.24) is 5.32 Å². The van der Waals surface area contributed by atoms with E-state index in [1.54, 1.807) is 30.3 Å².